The highest BCUT2D eigenvalue weighted by Gasteiger charge is 2.27. The van der Waals surface area contributed by atoms with Gasteiger partial charge in [-0.15, -0.1) is 0 Å². The van der Waals surface area contributed by atoms with E-state index in [1.807, 2.05) is 0 Å². The van der Waals surface area contributed by atoms with Crippen molar-refractivity contribution in [1.82, 2.24) is 10.2 Å². The van der Waals surface area contributed by atoms with Gasteiger partial charge >= 0.3 is 0 Å². The largest absolute Gasteiger partial charge is 0.316 e. The zero-order valence-electron chi connectivity index (χ0n) is 11.9. The Labute approximate surface area is 106 Å². The summed E-state index contributed by atoms with van der Waals surface area (Å²) >= 11 is 0. The molecule has 1 N–H and O–H groups in total. The fourth-order valence-electron chi connectivity index (χ4n) is 3.00. The van der Waals surface area contributed by atoms with Crippen molar-refractivity contribution < 1.29 is 0 Å². The quantitative estimate of drug-likeness (QED) is 0.741. The van der Waals surface area contributed by atoms with Crippen LogP contribution in [0.5, 0.6) is 0 Å². The van der Waals surface area contributed by atoms with E-state index in [0.29, 0.717) is 5.41 Å². The molecule has 0 aliphatic carbocycles. The van der Waals surface area contributed by atoms with Crippen LogP contribution in [0.15, 0.2) is 11.6 Å². The van der Waals surface area contributed by atoms with Crippen molar-refractivity contribution in [3.63, 3.8) is 0 Å². The van der Waals surface area contributed by atoms with Gasteiger partial charge in [-0.3, -0.25) is 4.90 Å². The molecule has 0 aromatic rings. The molecule has 17 heavy (non-hydrogen) atoms. The second-order valence-electron chi connectivity index (χ2n) is 6.88. The second kappa shape index (κ2) is 5.11. The highest BCUT2D eigenvalue weighted by Crippen LogP contribution is 2.30. The first-order valence-corrected chi connectivity index (χ1v) is 7.09. The van der Waals surface area contributed by atoms with Crippen molar-refractivity contribution in [3.05, 3.63) is 11.6 Å². The van der Waals surface area contributed by atoms with Gasteiger partial charge in [0.2, 0.25) is 0 Å². The molecule has 2 unspecified atom stereocenters. The zero-order valence-corrected chi connectivity index (χ0v) is 11.9. The molecular formula is C15H28N2. The molecule has 0 bridgehead atoms. The van der Waals surface area contributed by atoms with E-state index in [-0.39, 0.29) is 0 Å². The smallest absolute Gasteiger partial charge is 0.0166 e. The molecule has 2 heterocycles. The number of hydrogen-bond acceptors (Lipinski definition) is 2. The predicted molar refractivity (Wildman–Crippen MR) is 74.1 cm³/mol. The summed E-state index contributed by atoms with van der Waals surface area (Å²) in [4.78, 5) is 2.63. The minimum absolute atomic E-state index is 0.369. The summed E-state index contributed by atoms with van der Waals surface area (Å²) in [5.41, 5.74) is 2.01. The fraction of sp³-hybridized carbons (Fsp3) is 0.867. The van der Waals surface area contributed by atoms with Gasteiger partial charge < -0.3 is 5.32 Å². The number of hydrogen-bond donors (Lipinski definition) is 1. The van der Waals surface area contributed by atoms with Crippen molar-refractivity contribution in [2.24, 2.45) is 17.3 Å². The Hall–Kier alpha value is -0.340. The van der Waals surface area contributed by atoms with E-state index in [1.54, 1.807) is 5.57 Å². The van der Waals surface area contributed by atoms with Crippen molar-refractivity contribution in [1.29, 1.82) is 0 Å². The summed E-state index contributed by atoms with van der Waals surface area (Å²) in [6.07, 6.45) is 3.73. The maximum atomic E-state index is 3.50. The van der Waals surface area contributed by atoms with Gasteiger partial charge in [0.25, 0.3) is 0 Å². The minimum Gasteiger partial charge on any atom is -0.316 e. The van der Waals surface area contributed by atoms with E-state index in [2.05, 4.69) is 44.0 Å². The molecule has 2 rings (SSSR count). The number of rotatable bonds is 2. The fourth-order valence-corrected chi connectivity index (χ4v) is 3.00. The van der Waals surface area contributed by atoms with Gasteiger partial charge in [0.05, 0.1) is 0 Å². The van der Waals surface area contributed by atoms with Crippen molar-refractivity contribution in [2.75, 3.05) is 32.7 Å². The van der Waals surface area contributed by atoms with Crippen LogP contribution in [0.4, 0.5) is 0 Å². The molecule has 2 nitrogen and oxygen atoms in total. The second-order valence-corrected chi connectivity index (χ2v) is 6.88. The van der Waals surface area contributed by atoms with Crippen molar-refractivity contribution >= 4 is 0 Å². The van der Waals surface area contributed by atoms with Crippen LogP contribution in [0.25, 0.3) is 0 Å². The summed E-state index contributed by atoms with van der Waals surface area (Å²) < 4.78 is 0. The van der Waals surface area contributed by atoms with Crippen LogP contribution in [0.3, 0.4) is 0 Å². The molecule has 2 aliphatic rings. The lowest BCUT2D eigenvalue weighted by atomic mass is 9.83. The average molecular weight is 236 g/mol. The van der Waals surface area contributed by atoms with Crippen LogP contribution in [0.1, 0.15) is 34.1 Å². The van der Waals surface area contributed by atoms with E-state index >= 15 is 0 Å². The molecule has 0 amide bonds. The molecule has 2 heteroatoms. The zero-order chi connectivity index (χ0) is 12.5. The topological polar surface area (TPSA) is 15.3 Å². The first-order chi connectivity index (χ1) is 7.97. The highest BCUT2D eigenvalue weighted by molar-refractivity contribution is 5.14. The van der Waals surface area contributed by atoms with Crippen LogP contribution in [-0.4, -0.2) is 37.6 Å². The molecule has 0 radical (unpaired) electrons. The third-order valence-electron chi connectivity index (χ3n) is 4.43. The van der Waals surface area contributed by atoms with Crippen LogP contribution < -0.4 is 5.32 Å². The molecule has 0 aromatic carbocycles. The average Bonchev–Trinajstić information content (AvgIpc) is 2.64. The van der Waals surface area contributed by atoms with Crippen LogP contribution in [-0.2, 0) is 0 Å². The van der Waals surface area contributed by atoms with Gasteiger partial charge in [0, 0.05) is 19.6 Å². The lowest BCUT2D eigenvalue weighted by Gasteiger charge is -2.33. The SMILES string of the molecule is CC1CNCC1CN1CC=C(C(C)(C)C)CC1. The Morgan fingerprint density at radius 1 is 1.35 bits per heavy atom. The molecule has 0 aromatic heterocycles. The summed E-state index contributed by atoms with van der Waals surface area (Å²) in [5, 5.41) is 3.50. The van der Waals surface area contributed by atoms with Gasteiger partial charge in [-0.05, 0) is 36.8 Å². The van der Waals surface area contributed by atoms with Gasteiger partial charge in [-0.1, -0.05) is 39.3 Å². The van der Waals surface area contributed by atoms with Gasteiger partial charge in [-0.2, -0.15) is 0 Å². The van der Waals surface area contributed by atoms with Gasteiger partial charge in [0.1, 0.15) is 0 Å². The van der Waals surface area contributed by atoms with Gasteiger partial charge in [0.15, 0.2) is 0 Å². The van der Waals surface area contributed by atoms with Crippen molar-refractivity contribution in [3.8, 4) is 0 Å². The maximum Gasteiger partial charge on any atom is 0.0166 e. The summed E-state index contributed by atoms with van der Waals surface area (Å²) in [7, 11) is 0. The van der Waals surface area contributed by atoms with E-state index in [9.17, 15) is 0 Å². The van der Waals surface area contributed by atoms with E-state index in [0.717, 1.165) is 18.4 Å². The first-order valence-electron chi connectivity index (χ1n) is 7.09. The van der Waals surface area contributed by atoms with Crippen LogP contribution in [0.2, 0.25) is 0 Å². The molecule has 98 valence electrons. The third kappa shape index (κ3) is 3.32. The minimum atomic E-state index is 0.369. The molecule has 0 saturated carbocycles. The Bertz CT molecular complexity index is 288. The monoisotopic (exact) mass is 236 g/mol. The molecule has 2 atom stereocenters. The molecule has 1 saturated heterocycles. The molecule has 2 aliphatic heterocycles. The lowest BCUT2D eigenvalue weighted by molar-refractivity contribution is 0.224. The predicted octanol–water partition coefficient (Wildman–Crippen LogP) is 2.52. The van der Waals surface area contributed by atoms with Crippen LogP contribution >= 0.6 is 0 Å². The Kier molecular flexibility index (Phi) is 3.94. The van der Waals surface area contributed by atoms with E-state index in [1.165, 1.54) is 32.6 Å². The van der Waals surface area contributed by atoms with Gasteiger partial charge in [-0.25, -0.2) is 0 Å². The van der Waals surface area contributed by atoms with E-state index < -0.39 is 0 Å². The molecule has 1 fully saturated rings. The molecular weight excluding hydrogens is 208 g/mol. The van der Waals surface area contributed by atoms with Crippen LogP contribution in [0, 0.1) is 17.3 Å². The highest BCUT2D eigenvalue weighted by atomic mass is 15.1. The first kappa shape index (κ1) is 13.1. The maximum absolute atomic E-state index is 3.50. The summed E-state index contributed by atoms with van der Waals surface area (Å²) in [6.45, 7) is 15.5. The standard InChI is InChI=1S/C15H28N2/c1-12-9-16-10-13(12)11-17-7-5-14(6-8-17)15(2,3)4/h5,12-13,16H,6-11H2,1-4H3. The Morgan fingerprint density at radius 2 is 2.12 bits per heavy atom. The Balaban J connectivity index is 1.85. The summed E-state index contributed by atoms with van der Waals surface area (Å²) in [5.74, 6) is 1.71. The third-order valence-corrected chi connectivity index (χ3v) is 4.43. The van der Waals surface area contributed by atoms with E-state index in [4.69, 9.17) is 0 Å². The number of nitrogens with one attached hydrogen (secondary N) is 1. The Morgan fingerprint density at radius 3 is 2.59 bits per heavy atom. The summed E-state index contributed by atoms with van der Waals surface area (Å²) in [6, 6.07) is 0. The normalized spacial score (nSPS) is 31.6. The molecule has 0 spiro atoms. The van der Waals surface area contributed by atoms with Crippen molar-refractivity contribution in [2.45, 2.75) is 34.1 Å². The number of nitrogens with zero attached hydrogens (tertiary/aromatic N) is 1. The lowest BCUT2D eigenvalue weighted by Crippen LogP contribution is -2.36.